The van der Waals surface area contributed by atoms with Crippen LogP contribution in [0.5, 0.6) is 0 Å². The average Bonchev–Trinajstić information content (AvgIpc) is 2.00. The van der Waals surface area contributed by atoms with Crippen molar-refractivity contribution in [2.24, 2.45) is 0 Å². The first kappa shape index (κ1) is 10.9. The lowest BCUT2D eigenvalue weighted by molar-refractivity contribution is 0.240. The van der Waals surface area contributed by atoms with Gasteiger partial charge in [0.05, 0.1) is 0 Å². The predicted molar refractivity (Wildman–Crippen MR) is 53.1 cm³/mol. The van der Waals surface area contributed by atoms with Gasteiger partial charge in [-0.25, -0.2) is 0 Å². The molecule has 0 aliphatic rings. The van der Waals surface area contributed by atoms with Crippen molar-refractivity contribution in [2.45, 2.75) is 20.0 Å². The molecule has 0 aromatic carbocycles. The van der Waals surface area contributed by atoms with Gasteiger partial charge in [0.25, 0.3) is 8.32 Å². The van der Waals surface area contributed by atoms with Crippen LogP contribution in [0.25, 0.3) is 0 Å². The molecule has 1 nitrogen and oxygen atoms in total. The monoisotopic (exact) mass is 190 g/mol. The molecule has 0 aliphatic carbocycles. The molecule has 0 fully saturated rings. The Labute approximate surface area is 74.8 Å². The van der Waals surface area contributed by atoms with Crippen LogP contribution in [-0.2, 0) is 4.43 Å². The summed E-state index contributed by atoms with van der Waals surface area (Å²) in [6.45, 7) is 11.4. The molecule has 0 saturated carbocycles. The molecule has 3 heteroatoms. The molecule has 0 saturated heterocycles. The van der Waals surface area contributed by atoms with E-state index in [0.29, 0.717) is 5.50 Å². The van der Waals surface area contributed by atoms with Gasteiger partial charge >= 0.3 is 0 Å². The predicted octanol–water partition coefficient (Wildman–Crippen LogP) is 2.59. The maximum atomic E-state index is 5.76. The van der Waals surface area contributed by atoms with Crippen LogP contribution in [0.15, 0.2) is 24.6 Å². The molecule has 64 valence electrons. The molecule has 0 atom stereocenters. The third-order valence-corrected chi connectivity index (χ3v) is 5.32. The summed E-state index contributed by atoms with van der Waals surface area (Å²) in [6.07, 6.45) is 0.191. The Bertz CT molecular complexity index is 137. The zero-order valence-corrected chi connectivity index (χ0v) is 8.90. The zero-order valence-electron chi connectivity index (χ0n) is 7.14. The Kier molecular flexibility index (Phi) is 4.73. The van der Waals surface area contributed by atoms with Crippen molar-refractivity contribution in [3.05, 3.63) is 24.6 Å². The second kappa shape index (κ2) is 4.75. The fourth-order valence-corrected chi connectivity index (χ4v) is 3.12. The van der Waals surface area contributed by atoms with E-state index < -0.39 is 8.32 Å². The van der Waals surface area contributed by atoms with Crippen LogP contribution >= 0.6 is 11.6 Å². The van der Waals surface area contributed by atoms with E-state index in [2.05, 4.69) is 13.2 Å². The van der Waals surface area contributed by atoms with Crippen molar-refractivity contribution in [2.75, 3.05) is 5.50 Å². The third kappa shape index (κ3) is 3.23. The molecule has 0 unspecified atom stereocenters. The Morgan fingerprint density at radius 1 is 1.45 bits per heavy atom. The van der Waals surface area contributed by atoms with Crippen LogP contribution in [0.4, 0.5) is 0 Å². The van der Waals surface area contributed by atoms with E-state index in [1.165, 1.54) is 0 Å². The van der Waals surface area contributed by atoms with E-state index >= 15 is 0 Å². The highest BCUT2D eigenvalue weighted by molar-refractivity contribution is 6.88. The smallest absolute Gasteiger partial charge is 0.255 e. The quantitative estimate of drug-likeness (QED) is 0.479. The van der Waals surface area contributed by atoms with Gasteiger partial charge in [-0.1, -0.05) is 11.4 Å². The van der Waals surface area contributed by atoms with Crippen LogP contribution in [0.1, 0.15) is 13.8 Å². The van der Waals surface area contributed by atoms with E-state index in [-0.39, 0.29) is 6.10 Å². The number of alkyl halides is 1. The largest absolute Gasteiger partial charge is 0.406 e. The lowest BCUT2D eigenvalue weighted by atomic mass is 10.5. The molecule has 0 aliphatic heterocycles. The minimum atomic E-state index is -1.99. The van der Waals surface area contributed by atoms with Gasteiger partial charge in [0.2, 0.25) is 0 Å². The Balaban J connectivity index is 4.28. The highest BCUT2D eigenvalue weighted by Crippen LogP contribution is 2.12. The van der Waals surface area contributed by atoms with Gasteiger partial charge in [-0.2, -0.15) is 0 Å². The summed E-state index contributed by atoms with van der Waals surface area (Å²) in [4.78, 5) is 0. The summed E-state index contributed by atoms with van der Waals surface area (Å²) in [5.41, 5.74) is 4.12. The van der Waals surface area contributed by atoms with Crippen molar-refractivity contribution < 1.29 is 4.43 Å². The molecule has 0 rings (SSSR count). The molecule has 0 aromatic rings. The van der Waals surface area contributed by atoms with Gasteiger partial charge in [0.1, 0.15) is 0 Å². The molecule has 0 amide bonds. The third-order valence-electron chi connectivity index (χ3n) is 1.36. The molecule has 0 N–H and O–H groups in total. The number of rotatable bonds is 5. The Morgan fingerprint density at radius 3 is 2.00 bits per heavy atom. The van der Waals surface area contributed by atoms with Crippen LogP contribution in [-0.4, -0.2) is 19.9 Å². The van der Waals surface area contributed by atoms with Crippen molar-refractivity contribution in [3.8, 4) is 0 Å². The normalized spacial score (nSPS) is 11.6. The first-order valence-electron chi connectivity index (χ1n) is 3.61. The van der Waals surface area contributed by atoms with E-state index in [1.807, 2.05) is 25.2 Å². The Morgan fingerprint density at radius 2 is 1.91 bits per heavy atom. The lowest BCUT2D eigenvalue weighted by Gasteiger charge is -2.24. The summed E-state index contributed by atoms with van der Waals surface area (Å²) in [5.74, 6) is 0. The van der Waals surface area contributed by atoms with Gasteiger partial charge in [-0.05, 0) is 13.8 Å². The van der Waals surface area contributed by atoms with Gasteiger partial charge < -0.3 is 4.43 Å². The zero-order chi connectivity index (χ0) is 8.91. The fraction of sp³-hybridized carbons (Fsp3) is 0.500. The van der Waals surface area contributed by atoms with Crippen LogP contribution in [0, 0.1) is 0 Å². The highest BCUT2D eigenvalue weighted by atomic mass is 35.5. The highest BCUT2D eigenvalue weighted by Gasteiger charge is 2.27. The number of halogens is 1. The molecule has 0 spiro atoms. The van der Waals surface area contributed by atoms with E-state index in [9.17, 15) is 0 Å². The summed E-state index contributed by atoms with van der Waals surface area (Å²) in [5, 5.41) is 0. The van der Waals surface area contributed by atoms with E-state index in [0.717, 1.165) is 0 Å². The Hall–Kier alpha value is -0.0531. The van der Waals surface area contributed by atoms with E-state index in [1.54, 1.807) is 0 Å². The molecule has 0 radical (unpaired) electrons. The summed E-state index contributed by atoms with van der Waals surface area (Å²) < 4.78 is 5.66. The summed E-state index contributed by atoms with van der Waals surface area (Å²) in [6, 6.07) is 0. The minimum Gasteiger partial charge on any atom is -0.406 e. The van der Waals surface area contributed by atoms with Gasteiger partial charge in [-0.15, -0.1) is 24.8 Å². The number of hydrogen-bond acceptors (Lipinski definition) is 1. The fourth-order valence-electron chi connectivity index (χ4n) is 0.759. The molecule has 0 aromatic heterocycles. The van der Waals surface area contributed by atoms with Crippen molar-refractivity contribution in [1.82, 2.24) is 0 Å². The molecular weight excluding hydrogens is 176 g/mol. The first-order valence-corrected chi connectivity index (χ1v) is 6.41. The van der Waals surface area contributed by atoms with Crippen LogP contribution in [0.2, 0.25) is 0 Å². The minimum absolute atomic E-state index is 0.191. The maximum Gasteiger partial charge on any atom is 0.255 e. The van der Waals surface area contributed by atoms with Crippen molar-refractivity contribution >= 4 is 19.9 Å². The average molecular weight is 191 g/mol. The summed E-state index contributed by atoms with van der Waals surface area (Å²) >= 11 is 5.76. The van der Waals surface area contributed by atoms with E-state index in [4.69, 9.17) is 16.0 Å². The second-order valence-electron chi connectivity index (χ2n) is 2.66. The van der Waals surface area contributed by atoms with Crippen molar-refractivity contribution in [1.29, 1.82) is 0 Å². The SMILES string of the molecule is C=C[Si](C=C)(CCl)OC(C)C. The molecular formula is C8H15ClOSi. The molecule has 0 bridgehead atoms. The topological polar surface area (TPSA) is 9.23 Å². The first-order chi connectivity index (χ1) is 5.10. The standard InChI is InChI=1S/C8H15ClOSi/c1-5-11(6-2,7-9)10-8(3)4/h5-6,8H,1-2,7H2,3-4H3. The second-order valence-corrected chi connectivity index (χ2v) is 6.69. The van der Waals surface area contributed by atoms with Crippen LogP contribution < -0.4 is 0 Å². The van der Waals surface area contributed by atoms with Gasteiger partial charge in [0, 0.05) is 11.6 Å². The van der Waals surface area contributed by atoms with Crippen LogP contribution in [0.3, 0.4) is 0 Å². The van der Waals surface area contributed by atoms with Crippen molar-refractivity contribution in [3.63, 3.8) is 0 Å². The lowest BCUT2D eigenvalue weighted by Crippen LogP contribution is -2.39. The van der Waals surface area contributed by atoms with Gasteiger partial charge in [-0.3, -0.25) is 0 Å². The summed E-state index contributed by atoms with van der Waals surface area (Å²) in [7, 11) is -1.99. The molecule has 0 heterocycles. The van der Waals surface area contributed by atoms with Gasteiger partial charge in [0.15, 0.2) is 0 Å². The molecule has 11 heavy (non-hydrogen) atoms. The maximum absolute atomic E-state index is 5.76. The number of hydrogen-bond donors (Lipinski definition) is 0.